The lowest BCUT2D eigenvalue weighted by atomic mass is 9.99. The van der Waals surface area contributed by atoms with Crippen molar-refractivity contribution in [1.82, 2.24) is 15.1 Å². The van der Waals surface area contributed by atoms with Crippen molar-refractivity contribution < 1.29 is 4.79 Å². The zero-order valence-electron chi connectivity index (χ0n) is 12.1. The molecule has 0 bridgehead atoms. The molecule has 1 aromatic rings. The minimum Gasteiger partial charge on any atom is -0.319 e. The molecule has 2 unspecified atom stereocenters. The Morgan fingerprint density at radius 1 is 1.53 bits per heavy atom. The van der Waals surface area contributed by atoms with Crippen LogP contribution in [0.15, 0.2) is 17.5 Å². The second-order valence-corrected chi connectivity index (χ2v) is 6.53. The minimum atomic E-state index is -0.430. The number of hydrogen-bond donors (Lipinski definition) is 1. The highest BCUT2D eigenvalue weighted by Gasteiger charge is 2.47. The normalized spacial score (nSPS) is 27.5. The first kappa shape index (κ1) is 14.5. The molecule has 19 heavy (non-hydrogen) atoms. The second kappa shape index (κ2) is 5.61. The highest BCUT2D eigenvalue weighted by atomic mass is 32.1. The summed E-state index contributed by atoms with van der Waals surface area (Å²) in [5.74, 6) is 0.218. The van der Waals surface area contributed by atoms with E-state index in [0.717, 1.165) is 19.5 Å². The molecule has 1 fully saturated rings. The first-order valence-corrected chi connectivity index (χ1v) is 7.63. The number of amides is 1. The molecule has 5 heteroatoms. The van der Waals surface area contributed by atoms with Crippen LogP contribution in [-0.4, -0.2) is 48.4 Å². The summed E-state index contributed by atoms with van der Waals surface area (Å²) in [6.07, 6.45) is 0.837. The molecule has 1 N–H and O–H groups in total. The average Bonchev–Trinajstić information content (AvgIpc) is 2.96. The lowest BCUT2D eigenvalue weighted by molar-refractivity contribution is -0.133. The zero-order valence-corrected chi connectivity index (χ0v) is 13.0. The Morgan fingerprint density at radius 2 is 2.26 bits per heavy atom. The fourth-order valence-electron chi connectivity index (χ4n) is 2.34. The standard InChI is InChI=1S/C14H23N3OS/c1-5-14(2)13(18)17(9-8-16(3)4)12(15-14)11-7-6-10-19-11/h6-7,10,12,15H,5,8-9H2,1-4H3. The topological polar surface area (TPSA) is 35.6 Å². The summed E-state index contributed by atoms with van der Waals surface area (Å²) in [6, 6.07) is 4.14. The Hall–Kier alpha value is -0.910. The van der Waals surface area contributed by atoms with Gasteiger partial charge in [-0.1, -0.05) is 13.0 Å². The van der Waals surface area contributed by atoms with Crippen LogP contribution in [0.3, 0.4) is 0 Å². The third-order valence-corrected chi connectivity index (χ3v) is 4.73. The number of hydrogen-bond acceptors (Lipinski definition) is 4. The molecule has 106 valence electrons. The molecule has 0 aromatic carbocycles. The van der Waals surface area contributed by atoms with Crippen LogP contribution in [0.1, 0.15) is 31.3 Å². The van der Waals surface area contributed by atoms with Gasteiger partial charge in [-0.2, -0.15) is 0 Å². The SMILES string of the molecule is CCC1(C)NC(c2cccs2)N(CCN(C)C)C1=O. The summed E-state index contributed by atoms with van der Waals surface area (Å²) < 4.78 is 0. The zero-order chi connectivity index (χ0) is 14.0. The molecule has 0 saturated carbocycles. The number of carbonyl (C=O) groups is 1. The third-order valence-electron chi connectivity index (χ3n) is 3.81. The summed E-state index contributed by atoms with van der Waals surface area (Å²) in [5.41, 5.74) is -0.430. The van der Waals surface area contributed by atoms with Crippen LogP contribution in [0.25, 0.3) is 0 Å². The molecule has 0 spiro atoms. The highest BCUT2D eigenvalue weighted by molar-refractivity contribution is 7.10. The van der Waals surface area contributed by atoms with Crippen LogP contribution >= 0.6 is 11.3 Å². The van der Waals surface area contributed by atoms with Gasteiger partial charge in [0.25, 0.3) is 0 Å². The van der Waals surface area contributed by atoms with E-state index in [4.69, 9.17) is 0 Å². The maximum atomic E-state index is 12.6. The molecular formula is C14H23N3OS. The lowest BCUT2D eigenvalue weighted by Crippen LogP contribution is -2.43. The summed E-state index contributed by atoms with van der Waals surface area (Å²) in [6.45, 7) is 5.71. The summed E-state index contributed by atoms with van der Waals surface area (Å²) >= 11 is 1.70. The van der Waals surface area contributed by atoms with E-state index >= 15 is 0 Å². The number of rotatable bonds is 5. The first-order chi connectivity index (χ1) is 8.98. The van der Waals surface area contributed by atoms with Crippen molar-refractivity contribution >= 4 is 17.2 Å². The van der Waals surface area contributed by atoms with Crippen molar-refractivity contribution in [3.8, 4) is 0 Å². The first-order valence-electron chi connectivity index (χ1n) is 6.75. The van der Waals surface area contributed by atoms with Gasteiger partial charge < -0.3 is 9.80 Å². The van der Waals surface area contributed by atoms with Crippen LogP contribution < -0.4 is 5.32 Å². The molecule has 2 rings (SSSR count). The van der Waals surface area contributed by atoms with E-state index in [0.29, 0.717) is 0 Å². The minimum absolute atomic E-state index is 0.0254. The predicted octanol–water partition coefficient (Wildman–Crippen LogP) is 1.91. The van der Waals surface area contributed by atoms with Crippen molar-refractivity contribution in [3.05, 3.63) is 22.4 Å². The van der Waals surface area contributed by atoms with Gasteiger partial charge in [0, 0.05) is 18.0 Å². The van der Waals surface area contributed by atoms with Crippen LogP contribution in [0.2, 0.25) is 0 Å². The second-order valence-electron chi connectivity index (χ2n) is 5.55. The number of thiophene rings is 1. The Bertz CT molecular complexity index is 432. The number of carbonyl (C=O) groups excluding carboxylic acids is 1. The Balaban J connectivity index is 2.21. The van der Waals surface area contributed by atoms with Crippen molar-refractivity contribution in [3.63, 3.8) is 0 Å². The maximum absolute atomic E-state index is 12.6. The molecular weight excluding hydrogens is 258 g/mol. The van der Waals surface area contributed by atoms with Gasteiger partial charge in [-0.3, -0.25) is 10.1 Å². The quantitative estimate of drug-likeness (QED) is 0.895. The van der Waals surface area contributed by atoms with Crippen molar-refractivity contribution in [1.29, 1.82) is 0 Å². The Labute approximate surface area is 119 Å². The van der Waals surface area contributed by atoms with Gasteiger partial charge in [-0.25, -0.2) is 0 Å². The predicted molar refractivity (Wildman–Crippen MR) is 79.2 cm³/mol. The fourth-order valence-corrected chi connectivity index (χ4v) is 3.13. The van der Waals surface area contributed by atoms with E-state index < -0.39 is 5.54 Å². The molecule has 0 radical (unpaired) electrons. The molecule has 2 heterocycles. The molecule has 1 aliphatic heterocycles. The Morgan fingerprint density at radius 3 is 2.79 bits per heavy atom. The van der Waals surface area contributed by atoms with E-state index in [9.17, 15) is 4.79 Å². The maximum Gasteiger partial charge on any atom is 0.244 e. The van der Waals surface area contributed by atoms with Gasteiger partial charge >= 0.3 is 0 Å². The summed E-state index contributed by atoms with van der Waals surface area (Å²) in [7, 11) is 4.07. The van der Waals surface area contributed by atoms with Gasteiger partial charge in [0.1, 0.15) is 6.17 Å². The van der Waals surface area contributed by atoms with Gasteiger partial charge in [-0.15, -0.1) is 11.3 Å². The lowest BCUT2D eigenvalue weighted by Gasteiger charge is -2.25. The molecule has 1 aliphatic rings. The number of nitrogens with one attached hydrogen (secondary N) is 1. The Kier molecular flexibility index (Phi) is 4.28. The van der Waals surface area contributed by atoms with E-state index in [1.807, 2.05) is 32.0 Å². The van der Waals surface area contributed by atoms with E-state index in [1.54, 1.807) is 11.3 Å². The van der Waals surface area contributed by atoms with Crippen LogP contribution in [0, 0.1) is 0 Å². The monoisotopic (exact) mass is 281 g/mol. The van der Waals surface area contributed by atoms with Gasteiger partial charge in [-0.05, 0) is 38.9 Å². The fraction of sp³-hybridized carbons (Fsp3) is 0.643. The largest absolute Gasteiger partial charge is 0.319 e. The van der Waals surface area contributed by atoms with Crippen LogP contribution in [0.5, 0.6) is 0 Å². The third kappa shape index (κ3) is 2.83. The van der Waals surface area contributed by atoms with Gasteiger partial charge in [0.2, 0.25) is 5.91 Å². The average molecular weight is 281 g/mol. The number of nitrogens with zero attached hydrogens (tertiary/aromatic N) is 2. The van der Waals surface area contributed by atoms with Crippen molar-refractivity contribution in [2.45, 2.75) is 32.0 Å². The van der Waals surface area contributed by atoms with E-state index in [1.165, 1.54) is 4.88 Å². The molecule has 1 aromatic heterocycles. The number of likely N-dealkylation sites (N-methyl/N-ethyl adjacent to an activating group) is 1. The summed E-state index contributed by atoms with van der Waals surface area (Å²) in [5, 5.41) is 5.57. The molecule has 1 amide bonds. The van der Waals surface area contributed by atoms with Crippen molar-refractivity contribution in [2.75, 3.05) is 27.2 Å². The molecule has 1 saturated heterocycles. The molecule has 4 nitrogen and oxygen atoms in total. The summed E-state index contributed by atoms with van der Waals surface area (Å²) in [4.78, 5) is 17.9. The highest BCUT2D eigenvalue weighted by Crippen LogP contribution is 2.34. The van der Waals surface area contributed by atoms with E-state index in [-0.39, 0.29) is 12.1 Å². The molecule has 2 atom stereocenters. The van der Waals surface area contributed by atoms with Crippen LogP contribution in [-0.2, 0) is 4.79 Å². The molecule has 0 aliphatic carbocycles. The smallest absolute Gasteiger partial charge is 0.244 e. The van der Waals surface area contributed by atoms with Crippen LogP contribution in [0.4, 0.5) is 0 Å². The van der Waals surface area contributed by atoms with E-state index in [2.05, 4.69) is 28.6 Å². The van der Waals surface area contributed by atoms with Crippen molar-refractivity contribution in [2.24, 2.45) is 0 Å². The van der Waals surface area contributed by atoms with Gasteiger partial charge in [0.15, 0.2) is 0 Å². The van der Waals surface area contributed by atoms with Gasteiger partial charge in [0.05, 0.1) is 5.54 Å².